The van der Waals surface area contributed by atoms with Gasteiger partial charge >= 0.3 is 0 Å². The summed E-state index contributed by atoms with van der Waals surface area (Å²) in [5.74, 6) is 2.21. The summed E-state index contributed by atoms with van der Waals surface area (Å²) in [4.78, 5) is 9.46. The molecule has 4 nitrogen and oxygen atoms in total. The minimum absolute atomic E-state index is 0.795. The van der Waals surface area contributed by atoms with Gasteiger partial charge in [0, 0.05) is 0 Å². The first-order valence-corrected chi connectivity index (χ1v) is 6.78. The highest BCUT2D eigenvalue weighted by Gasteiger charge is 2.21. The van der Waals surface area contributed by atoms with E-state index in [9.17, 15) is 0 Å². The van der Waals surface area contributed by atoms with Crippen LogP contribution in [0.3, 0.4) is 0 Å². The number of para-hydroxylation sites is 4. The third kappa shape index (κ3) is 1.20. The van der Waals surface area contributed by atoms with E-state index in [0.717, 1.165) is 35.8 Å². The molecule has 0 fully saturated rings. The Balaban J connectivity index is 1.79. The average Bonchev–Trinajstić information content (AvgIpc) is 3.02. The Kier molecular flexibility index (Phi) is 1.77. The number of hydrogen-bond donors (Lipinski definition) is 0. The molecule has 0 atom stereocenters. The summed E-state index contributed by atoms with van der Waals surface area (Å²) >= 11 is 0. The van der Waals surface area contributed by atoms with Crippen LogP contribution >= 0.6 is 0 Å². The largest absolute Gasteiger partial charge is 0.309 e. The van der Waals surface area contributed by atoms with E-state index in [4.69, 9.17) is 9.97 Å². The fourth-order valence-corrected chi connectivity index (χ4v) is 3.12. The Bertz CT molecular complexity index is 883. The van der Waals surface area contributed by atoms with Crippen molar-refractivity contribution in [3.05, 3.63) is 60.2 Å². The van der Waals surface area contributed by atoms with Crippen LogP contribution in [0.5, 0.6) is 0 Å². The standard InChI is InChI=1S/C16H12N4/c1-3-7-13-11(5-1)17-15-9-16-18-12-6-2-4-8-14(12)20(16)10-19(13)15/h1-8H,9-10H2. The molecule has 3 heterocycles. The van der Waals surface area contributed by atoms with Crippen LogP contribution in [-0.2, 0) is 13.1 Å². The Morgan fingerprint density at radius 1 is 0.700 bits per heavy atom. The molecule has 0 amide bonds. The molecule has 1 aliphatic rings. The van der Waals surface area contributed by atoms with E-state index in [2.05, 4.69) is 45.5 Å². The molecule has 0 N–H and O–H groups in total. The monoisotopic (exact) mass is 260 g/mol. The molecular formula is C16H12N4. The fourth-order valence-electron chi connectivity index (χ4n) is 3.12. The van der Waals surface area contributed by atoms with Crippen molar-refractivity contribution in [2.75, 3.05) is 0 Å². The number of nitrogens with zero attached hydrogens (tertiary/aromatic N) is 4. The zero-order chi connectivity index (χ0) is 13.1. The van der Waals surface area contributed by atoms with E-state index in [1.54, 1.807) is 0 Å². The van der Waals surface area contributed by atoms with Gasteiger partial charge in [0.2, 0.25) is 0 Å². The lowest BCUT2D eigenvalue weighted by Gasteiger charge is -2.18. The maximum absolute atomic E-state index is 4.73. The summed E-state index contributed by atoms with van der Waals surface area (Å²) in [5.41, 5.74) is 4.53. The van der Waals surface area contributed by atoms with Crippen LogP contribution in [0.4, 0.5) is 0 Å². The van der Waals surface area contributed by atoms with Gasteiger partial charge < -0.3 is 9.13 Å². The molecule has 2 aromatic heterocycles. The summed E-state index contributed by atoms with van der Waals surface area (Å²) in [6, 6.07) is 16.6. The zero-order valence-electron chi connectivity index (χ0n) is 10.8. The Morgan fingerprint density at radius 2 is 1.20 bits per heavy atom. The lowest BCUT2D eigenvalue weighted by Crippen LogP contribution is -2.20. The first-order valence-electron chi connectivity index (χ1n) is 6.78. The van der Waals surface area contributed by atoms with Gasteiger partial charge in [0.25, 0.3) is 0 Å². The highest BCUT2D eigenvalue weighted by molar-refractivity contribution is 5.78. The molecule has 0 saturated heterocycles. The van der Waals surface area contributed by atoms with Gasteiger partial charge in [-0.2, -0.15) is 0 Å². The van der Waals surface area contributed by atoms with Crippen LogP contribution in [0.25, 0.3) is 22.1 Å². The first-order chi connectivity index (χ1) is 9.90. The van der Waals surface area contributed by atoms with Crippen LogP contribution in [0.1, 0.15) is 11.6 Å². The van der Waals surface area contributed by atoms with Crippen molar-refractivity contribution in [2.24, 2.45) is 0 Å². The molecule has 96 valence electrons. The third-order valence-corrected chi connectivity index (χ3v) is 4.07. The number of rotatable bonds is 0. The van der Waals surface area contributed by atoms with Gasteiger partial charge in [-0.1, -0.05) is 24.3 Å². The fraction of sp³-hybridized carbons (Fsp3) is 0.125. The van der Waals surface area contributed by atoms with E-state index >= 15 is 0 Å². The second-order valence-corrected chi connectivity index (χ2v) is 5.21. The molecule has 1 aliphatic heterocycles. The van der Waals surface area contributed by atoms with Crippen molar-refractivity contribution in [3.63, 3.8) is 0 Å². The van der Waals surface area contributed by atoms with Crippen LogP contribution in [0.2, 0.25) is 0 Å². The molecule has 20 heavy (non-hydrogen) atoms. The van der Waals surface area contributed by atoms with E-state index < -0.39 is 0 Å². The number of hydrogen-bond acceptors (Lipinski definition) is 2. The molecule has 4 heteroatoms. The van der Waals surface area contributed by atoms with Crippen molar-refractivity contribution >= 4 is 22.1 Å². The topological polar surface area (TPSA) is 35.6 Å². The second kappa shape index (κ2) is 3.48. The lowest BCUT2D eigenvalue weighted by molar-refractivity contribution is 0.548. The minimum atomic E-state index is 0.795. The van der Waals surface area contributed by atoms with Gasteiger partial charge in [-0.3, -0.25) is 0 Å². The molecule has 2 aromatic carbocycles. The molecule has 0 aliphatic carbocycles. The van der Waals surface area contributed by atoms with Gasteiger partial charge in [0.1, 0.15) is 18.3 Å². The molecule has 5 rings (SSSR count). The van der Waals surface area contributed by atoms with Gasteiger partial charge in [0.15, 0.2) is 0 Å². The molecule has 0 unspecified atom stereocenters. The minimum Gasteiger partial charge on any atom is -0.309 e. The van der Waals surface area contributed by atoms with E-state index in [0.29, 0.717) is 0 Å². The molecule has 0 spiro atoms. The Labute approximate surface area is 115 Å². The van der Waals surface area contributed by atoms with E-state index in [1.807, 2.05) is 12.1 Å². The van der Waals surface area contributed by atoms with Gasteiger partial charge in [-0.15, -0.1) is 0 Å². The number of aromatic nitrogens is 4. The third-order valence-electron chi connectivity index (χ3n) is 4.07. The smallest absolute Gasteiger partial charge is 0.118 e. The Hall–Kier alpha value is -2.62. The summed E-state index contributed by atoms with van der Waals surface area (Å²) in [7, 11) is 0. The first kappa shape index (κ1) is 10.2. The summed E-state index contributed by atoms with van der Waals surface area (Å²) in [6.45, 7) is 0.797. The second-order valence-electron chi connectivity index (χ2n) is 5.21. The maximum Gasteiger partial charge on any atom is 0.118 e. The predicted molar refractivity (Wildman–Crippen MR) is 77.7 cm³/mol. The van der Waals surface area contributed by atoms with E-state index in [-0.39, 0.29) is 0 Å². The predicted octanol–water partition coefficient (Wildman–Crippen LogP) is 2.80. The lowest BCUT2D eigenvalue weighted by atomic mass is 10.3. The van der Waals surface area contributed by atoms with Gasteiger partial charge in [-0.05, 0) is 24.3 Å². The highest BCUT2D eigenvalue weighted by Crippen LogP contribution is 2.26. The maximum atomic E-state index is 4.73. The summed E-state index contributed by atoms with van der Waals surface area (Å²) in [5, 5.41) is 0. The molecule has 4 aromatic rings. The van der Waals surface area contributed by atoms with Gasteiger partial charge in [0.05, 0.1) is 28.5 Å². The number of benzene rings is 2. The van der Waals surface area contributed by atoms with Crippen LogP contribution in [-0.4, -0.2) is 19.1 Å². The summed E-state index contributed by atoms with van der Waals surface area (Å²) < 4.78 is 4.58. The molecular weight excluding hydrogens is 248 g/mol. The van der Waals surface area contributed by atoms with Gasteiger partial charge in [-0.25, -0.2) is 9.97 Å². The average molecular weight is 260 g/mol. The van der Waals surface area contributed by atoms with Crippen LogP contribution < -0.4 is 0 Å². The summed E-state index contributed by atoms with van der Waals surface area (Å²) in [6.07, 6.45) is 0.795. The SMILES string of the molecule is c1ccc2c(c1)nc1n2Cn2c(nc3ccccc32)C1. The van der Waals surface area contributed by atoms with E-state index in [1.165, 1.54) is 11.0 Å². The molecule has 0 radical (unpaired) electrons. The quantitative estimate of drug-likeness (QED) is 0.429. The molecule has 0 bridgehead atoms. The number of fused-ring (bicyclic) bond motifs is 6. The Morgan fingerprint density at radius 3 is 1.75 bits per heavy atom. The molecule has 0 saturated carbocycles. The van der Waals surface area contributed by atoms with Crippen molar-refractivity contribution in [3.8, 4) is 0 Å². The van der Waals surface area contributed by atoms with Crippen molar-refractivity contribution in [1.82, 2.24) is 19.1 Å². The zero-order valence-corrected chi connectivity index (χ0v) is 10.8. The highest BCUT2D eigenvalue weighted by atomic mass is 15.3. The van der Waals surface area contributed by atoms with Crippen molar-refractivity contribution < 1.29 is 0 Å². The van der Waals surface area contributed by atoms with Crippen LogP contribution in [0, 0.1) is 0 Å². The van der Waals surface area contributed by atoms with Crippen molar-refractivity contribution in [2.45, 2.75) is 13.1 Å². The normalized spacial score (nSPS) is 13.6. The van der Waals surface area contributed by atoms with Crippen molar-refractivity contribution in [1.29, 1.82) is 0 Å². The number of imidazole rings is 2. The van der Waals surface area contributed by atoms with Crippen LogP contribution in [0.15, 0.2) is 48.5 Å².